The number of amides is 3. The SMILES string of the molecule is COc1ccc2nc(N(/N=C/c3ccccc3)C(=O)CN3C(=O)c4ccccc4C3=O)sc2c1. The fraction of sp³-hybridized carbons (Fsp3) is 0.0800. The highest BCUT2D eigenvalue weighted by molar-refractivity contribution is 7.22. The van der Waals surface area contributed by atoms with Crippen LogP contribution in [0.25, 0.3) is 10.2 Å². The molecular formula is C25H18N4O4S. The lowest BCUT2D eigenvalue weighted by molar-refractivity contribution is -0.118. The Morgan fingerprint density at radius 3 is 2.38 bits per heavy atom. The number of hydrazone groups is 1. The van der Waals surface area contributed by atoms with Crippen molar-refractivity contribution in [2.24, 2.45) is 5.10 Å². The average Bonchev–Trinajstić information content (AvgIpc) is 3.39. The molecule has 0 radical (unpaired) electrons. The van der Waals surface area contributed by atoms with Gasteiger partial charge in [0.15, 0.2) is 0 Å². The summed E-state index contributed by atoms with van der Waals surface area (Å²) in [4.78, 5) is 44.4. The highest BCUT2D eigenvalue weighted by atomic mass is 32.1. The first kappa shape index (κ1) is 21.5. The van der Waals surface area contributed by atoms with E-state index in [0.29, 0.717) is 16.4 Å². The molecule has 5 rings (SSSR count). The summed E-state index contributed by atoms with van der Waals surface area (Å²) >= 11 is 1.26. The van der Waals surface area contributed by atoms with Gasteiger partial charge in [0, 0.05) is 0 Å². The number of imide groups is 1. The van der Waals surface area contributed by atoms with Crippen molar-refractivity contribution < 1.29 is 19.1 Å². The molecule has 1 aromatic heterocycles. The van der Waals surface area contributed by atoms with Crippen LogP contribution in [0.3, 0.4) is 0 Å². The van der Waals surface area contributed by atoms with E-state index in [1.165, 1.54) is 17.6 Å². The van der Waals surface area contributed by atoms with Crippen LogP contribution in [0.1, 0.15) is 26.3 Å². The fourth-order valence-corrected chi connectivity index (χ4v) is 4.55. The zero-order valence-electron chi connectivity index (χ0n) is 18.0. The molecule has 0 N–H and O–H groups in total. The normalized spacial score (nSPS) is 13.0. The molecule has 0 spiro atoms. The largest absolute Gasteiger partial charge is 0.497 e. The number of methoxy groups -OCH3 is 1. The molecule has 0 fully saturated rings. The summed E-state index contributed by atoms with van der Waals surface area (Å²) in [5.74, 6) is -0.906. The first-order chi connectivity index (χ1) is 16.5. The minimum absolute atomic E-state index is 0.284. The van der Waals surface area contributed by atoms with E-state index < -0.39 is 24.3 Å². The van der Waals surface area contributed by atoms with Crippen molar-refractivity contribution in [3.63, 3.8) is 0 Å². The van der Waals surface area contributed by atoms with E-state index in [1.54, 1.807) is 43.5 Å². The van der Waals surface area contributed by atoms with Gasteiger partial charge in [-0.2, -0.15) is 10.1 Å². The second kappa shape index (κ2) is 8.87. The number of hydrogen-bond donors (Lipinski definition) is 0. The third-order valence-electron chi connectivity index (χ3n) is 5.30. The maximum Gasteiger partial charge on any atom is 0.269 e. The minimum Gasteiger partial charge on any atom is -0.497 e. The van der Waals surface area contributed by atoms with Crippen molar-refractivity contribution in [3.8, 4) is 5.75 Å². The molecular weight excluding hydrogens is 452 g/mol. The van der Waals surface area contributed by atoms with Crippen LogP contribution in [0.5, 0.6) is 5.75 Å². The average molecular weight is 471 g/mol. The summed E-state index contributed by atoms with van der Waals surface area (Å²) in [7, 11) is 1.57. The second-order valence-corrected chi connectivity index (χ2v) is 8.44. The molecule has 1 aliphatic rings. The third kappa shape index (κ3) is 3.93. The molecule has 1 aliphatic heterocycles. The number of hydrogen-bond acceptors (Lipinski definition) is 7. The van der Waals surface area contributed by atoms with Crippen LogP contribution in [0, 0.1) is 0 Å². The molecule has 3 aromatic carbocycles. The Labute approximate surface area is 198 Å². The van der Waals surface area contributed by atoms with E-state index in [2.05, 4.69) is 10.1 Å². The van der Waals surface area contributed by atoms with Crippen LogP contribution in [0.2, 0.25) is 0 Å². The maximum atomic E-state index is 13.4. The van der Waals surface area contributed by atoms with Gasteiger partial charge in [0.25, 0.3) is 17.7 Å². The van der Waals surface area contributed by atoms with Crippen molar-refractivity contribution >= 4 is 50.6 Å². The van der Waals surface area contributed by atoms with Crippen molar-refractivity contribution in [1.29, 1.82) is 0 Å². The summed E-state index contributed by atoms with van der Waals surface area (Å²) in [6, 6.07) is 21.2. The maximum absolute atomic E-state index is 13.4. The molecule has 0 bridgehead atoms. The molecule has 2 heterocycles. The van der Waals surface area contributed by atoms with E-state index in [9.17, 15) is 14.4 Å². The molecule has 0 atom stereocenters. The Bertz CT molecular complexity index is 1410. The Balaban J connectivity index is 1.48. The van der Waals surface area contributed by atoms with Gasteiger partial charge in [0.1, 0.15) is 12.3 Å². The lowest BCUT2D eigenvalue weighted by atomic mass is 10.1. The number of ether oxygens (including phenoxy) is 1. The number of carbonyl (C=O) groups excluding carboxylic acids is 3. The quantitative estimate of drug-likeness (QED) is 0.242. The highest BCUT2D eigenvalue weighted by Gasteiger charge is 2.37. The molecule has 9 heteroatoms. The van der Waals surface area contributed by atoms with Gasteiger partial charge in [-0.15, -0.1) is 0 Å². The van der Waals surface area contributed by atoms with Crippen LogP contribution in [0.4, 0.5) is 5.13 Å². The fourth-order valence-electron chi connectivity index (χ4n) is 3.58. The number of nitrogens with zero attached hydrogens (tertiary/aromatic N) is 4. The van der Waals surface area contributed by atoms with Crippen molar-refractivity contribution in [2.75, 3.05) is 18.7 Å². The van der Waals surface area contributed by atoms with Gasteiger partial charge >= 0.3 is 0 Å². The topological polar surface area (TPSA) is 92.2 Å². The highest BCUT2D eigenvalue weighted by Crippen LogP contribution is 2.32. The van der Waals surface area contributed by atoms with Crippen molar-refractivity contribution in [3.05, 3.63) is 89.5 Å². The zero-order valence-corrected chi connectivity index (χ0v) is 18.9. The lowest BCUT2D eigenvalue weighted by Gasteiger charge is -2.18. The van der Waals surface area contributed by atoms with Gasteiger partial charge < -0.3 is 4.74 Å². The zero-order chi connectivity index (χ0) is 23.7. The molecule has 0 saturated carbocycles. The van der Waals surface area contributed by atoms with E-state index in [0.717, 1.165) is 20.2 Å². The smallest absolute Gasteiger partial charge is 0.269 e. The molecule has 8 nitrogen and oxygen atoms in total. The molecule has 168 valence electrons. The summed E-state index contributed by atoms with van der Waals surface area (Å²) in [6.07, 6.45) is 1.53. The first-order valence-electron chi connectivity index (χ1n) is 10.4. The molecule has 34 heavy (non-hydrogen) atoms. The number of anilines is 1. The minimum atomic E-state index is -0.562. The Morgan fingerprint density at radius 1 is 1.03 bits per heavy atom. The van der Waals surface area contributed by atoms with E-state index in [4.69, 9.17) is 4.74 Å². The Hall–Kier alpha value is -4.37. The lowest BCUT2D eigenvalue weighted by Crippen LogP contribution is -2.41. The summed E-state index contributed by atoms with van der Waals surface area (Å²) in [6.45, 7) is -0.461. The number of benzene rings is 3. The second-order valence-electron chi connectivity index (χ2n) is 7.43. The molecule has 0 saturated heterocycles. The number of rotatable bonds is 6. The van der Waals surface area contributed by atoms with Crippen LogP contribution in [0.15, 0.2) is 77.9 Å². The molecule has 3 amide bonds. The summed E-state index contributed by atoms with van der Waals surface area (Å²) < 4.78 is 6.08. The van der Waals surface area contributed by atoms with E-state index in [1.807, 2.05) is 36.4 Å². The predicted molar refractivity (Wildman–Crippen MR) is 130 cm³/mol. The first-order valence-corrected chi connectivity index (χ1v) is 11.2. The van der Waals surface area contributed by atoms with Crippen LogP contribution >= 0.6 is 11.3 Å². The van der Waals surface area contributed by atoms with Crippen molar-refractivity contribution in [1.82, 2.24) is 9.88 Å². The van der Waals surface area contributed by atoms with E-state index in [-0.39, 0.29) is 11.1 Å². The third-order valence-corrected chi connectivity index (χ3v) is 6.29. The Morgan fingerprint density at radius 2 is 1.71 bits per heavy atom. The van der Waals surface area contributed by atoms with Gasteiger partial charge in [0.05, 0.1) is 34.7 Å². The van der Waals surface area contributed by atoms with Crippen LogP contribution in [-0.2, 0) is 4.79 Å². The molecule has 0 aliphatic carbocycles. The number of aromatic nitrogens is 1. The standard InChI is InChI=1S/C25H18N4O4S/c1-33-17-11-12-20-21(13-17)34-25(27-20)29(26-14-16-7-3-2-4-8-16)22(30)15-28-23(31)18-9-5-6-10-19(18)24(28)32/h2-14H,15H2,1H3/b26-14+. The summed E-state index contributed by atoms with van der Waals surface area (Å²) in [5, 5.41) is 5.82. The monoisotopic (exact) mass is 470 g/mol. The summed E-state index contributed by atoms with van der Waals surface area (Å²) in [5.41, 5.74) is 2.02. The van der Waals surface area contributed by atoms with Gasteiger partial charge in [-0.25, -0.2) is 4.98 Å². The number of carbonyl (C=O) groups is 3. The van der Waals surface area contributed by atoms with Crippen molar-refractivity contribution in [2.45, 2.75) is 0 Å². The van der Waals surface area contributed by atoms with Gasteiger partial charge in [-0.05, 0) is 35.9 Å². The number of thiazole rings is 1. The van der Waals surface area contributed by atoms with Gasteiger partial charge in [-0.1, -0.05) is 53.8 Å². The van der Waals surface area contributed by atoms with Crippen LogP contribution in [-0.4, -0.2) is 47.5 Å². The molecule has 4 aromatic rings. The Kier molecular flexibility index (Phi) is 5.60. The van der Waals surface area contributed by atoms with Gasteiger partial charge in [-0.3, -0.25) is 19.3 Å². The predicted octanol–water partition coefficient (Wildman–Crippen LogP) is 3.97. The van der Waals surface area contributed by atoms with Crippen LogP contribution < -0.4 is 9.75 Å². The molecule has 0 unspecified atom stereocenters. The van der Waals surface area contributed by atoms with Gasteiger partial charge in [0.2, 0.25) is 5.13 Å². The van der Waals surface area contributed by atoms with E-state index >= 15 is 0 Å². The number of fused-ring (bicyclic) bond motifs is 2.